The van der Waals surface area contributed by atoms with Crippen LogP contribution in [0.25, 0.3) is 0 Å². The minimum absolute atomic E-state index is 0.240. The van der Waals surface area contributed by atoms with Crippen molar-refractivity contribution < 1.29 is 8.78 Å². The molecular weight excluding hydrogens is 286 g/mol. The van der Waals surface area contributed by atoms with Crippen molar-refractivity contribution in [3.05, 3.63) is 62.4 Å². The van der Waals surface area contributed by atoms with Crippen LogP contribution in [-0.2, 0) is 19.8 Å². The van der Waals surface area contributed by atoms with Crippen LogP contribution in [0.5, 0.6) is 0 Å². The summed E-state index contributed by atoms with van der Waals surface area (Å²) in [5.74, 6) is -1.07. The van der Waals surface area contributed by atoms with E-state index in [4.69, 9.17) is 0 Å². The zero-order valence-electron chi connectivity index (χ0n) is 10.9. The SMILES string of the molecule is Cn1c(CSc2ccc(F)cc2F)cc(=O)n(C)c1=O. The van der Waals surface area contributed by atoms with E-state index in [1.807, 2.05) is 0 Å². The van der Waals surface area contributed by atoms with Gasteiger partial charge in [-0.15, -0.1) is 11.8 Å². The number of hydrogen-bond donors (Lipinski definition) is 0. The third-order valence-electron chi connectivity index (χ3n) is 2.89. The van der Waals surface area contributed by atoms with Crippen molar-refractivity contribution in [2.45, 2.75) is 10.6 Å². The van der Waals surface area contributed by atoms with E-state index >= 15 is 0 Å². The van der Waals surface area contributed by atoms with Crippen molar-refractivity contribution in [2.24, 2.45) is 14.1 Å². The summed E-state index contributed by atoms with van der Waals surface area (Å²) in [5, 5.41) is 0. The van der Waals surface area contributed by atoms with Crippen molar-refractivity contribution in [1.82, 2.24) is 9.13 Å². The van der Waals surface area contributed by atoms with Crippen molar-refractivity contribution >= 4 is 11.8 Å². The smallest absolute Gasteiger partial charge is 0.300 e. The van der Waals surface area contributed by atoms with E-state index in [1.165, 1.54) is 23.7 Å². The number of hydrogen-bond acceptors (Lipinski definition) is 3. The van der Waals surface area contributed by atoms with E-state index in [-0.39, 0.29) is 10.6 Å². The zero-order chi connectivity index (χ0) is 14.9. The van der Waals surface area contributed by atoms with Gasteiger partial charge in [0.05, 0.1) is 0 Å². The van der Waals surface area contributed by atoms with Crippen LogP contribution < -0.4 is 11.2 Å². The molecule has 0 N–H and O–H groups in total. The lowest BCUT2D eigenvalue weighted by Crippen LogP contribution is -2.37. The zero-order valence-corrected chi connectivity index (χ0v) is 11.7. The number of benzene rings is 1. The Morgan fingerprint density at radius 3 is 2.45 bits per heavy atom. The summed E-state index contributed by atoms with van der Waals surface area (Å²) in [4.78, 5) is 23.5. The predicted molar refractivity (Wildman–Crippen MR) is 72.8 cm³/mol. The van der Waals surface area contributed by atoms with Crippen molar-refractivity contribution in [3.8, 4) is 0 Å². The largest absolute Gasteiger partial charge is 0.330 e. The van der Waals surface area contributed by atoms with Crippen LogP contribution in [0, 0.1) is 11.6 Å². The van der Waals surface area contributed by atoms with Gasteiger partial charge in [0, 0.05) is 42.6 Å². The number of rotatable bonds is 3. The topological polar surface area (TPSA) is 44.0 Å². The van der Waals surface area contributed by atoms with Crippen LogP contribution in [0.3, 0.4) is 0 Å². The van der Waals surface area contributed by atoms with Crippen molar-refractivity contribution in [2.75, 3.05) is 0 Å². The molecule has 0 spiro atoms. The Labute approximate surface area is 117 Å². The molecule has 0 aliphatic carbocycles. The molecule has 20 heavy (non-hydrogen) atoms. The second-order valence-electron chi connectivity index (χ2n) is 4.24. The van der Waals surface area contributed by atoms with Gasteiger partial charge < -0.3 is 0 Å². The summed E-state index contributed by atoms with van der Waals surface area (Å²) in [6, 6.07) is 4.62. The second-order valence-corrected chi connectivity index (χ2v) is 5.26. The standard InChI is InChI=1S/C13H12F2N2O2S/c1-16-9(6-12(18)17(2)13(16)19)7-20-11-4-3-8(14)5-10(11)15/h3-6H,7H2,1-2H3. The highest BCUT2D eigenvalue weighted by molar-refractivity contribution is 7.98. The molecule has 1 aromatic heterocycles. The summed E-state index contributed by atoms with van der Waals surface area (Å²) in [5.41, 5.74) is -0.372. The molecular formula is C13H12F2N2O2S. The molecule has 106 valence electrons. The van der Waals surface area contributed by atoms with E-state index in [2.05, 4.69) is 0 Å². The predicted octanol–water partition coefficient (Wildman–Crippen LogP) is 1.65. The average Bonchev–Trinajstić information content (AvgIpc) is 2.40. The van der Waals surface area contributed by atoms with Gasteiger partial charge in [-0.25, -0.2) is 13.6 Å². The summed E-state index contributed by atoms with van der Waals surface area (Å²) in [6.07, 6.45) is 0. The second kappa shape index (κ2) is 5.62. The van der Waals surface area contributed by atoms with Crippen LogP contribution in [-0.4, -0.2) is 9.13 Å². The van der Waals surface area contributed by atoms with E-state index in [9.17, 15) is 18.4 Å². The van der Waals surface area contributed by atoms with E-state index < -0.39 is 22.9 Å². The minimum Gasteiger partial charge on any atom is -0.300 e. The maximum atomic E-state index is 13.5. The van der Waals surface area contributed by atoms with Crippen LogP contribution in [0.15, 0.2) is 38.8 Å². The summed E-state index contributed by atoms with van der Waals surface area (Å²) in [6.45, 7) is 0. The lowest BCUT2D eigenvalue weighted by molar-refractivity contribution is 0.565. The molecule has 4 nitrogen and oxygen atoms in total. The normalized spacial score (nSPS) is 10.8. The summed E-state index contributed by atoms with van der Waals surface area (Å²) >= 11 is 1.10. The monoisotopic (exact) mass is 298 g/mol. The molecule has 0 fully saturated rings. The van der Waals surface area contributed by atoms with Crippen LogP contribution in [0.4, 0.5) is 8.78 Å². The van der Waals surface area contributed by atoms with Crippen LogP contribution in [0.1, 0.15) is 5.69 Å². The maximum absolute atomic E-state index is 13.5. The third kappa shape index (κ3) is 2.82. The molecule has 0 unspecified atom stereocenters. The Morgan fingerprint density at radius 1 is 1.10 bits per heavy atom. The molecule has 0 aliphatic heterocycles. The van der Waals surface area contributed by atoms with E-state index in [0.717, 1.165) is 28.5 Å². The average molecular weight is 298 g/mol. The highest BCUT2D eigenvalue weighted by Crippen LogP contribution is 2.25. The molecule has 7 heteroatoms. The van der Waals surface area contributed by atoms with Gasteiger partial charge in [0.1, 0.15) is 11.6 Å². The third-order valence-corrected chi connectivity index (χ3v) is 3.98. The first-order valence-electron chi connectivity index (χ1n) is 5.74. The molecule has 0 radical (unpaired) electrons. The quantitative estimate of drug-likeness (QED) is 0.809. The Morgan fingerprint density at radius 2 is 1.80 bits per heavy atom. The Hall–Kier alpha value is -1.89. The van der Waals surface area contributed by atoms with Gasteiger partial charge in [-0.1, -0.05) is 0 Å². The molecule has 2 rings (SSSR count). The fraction of sp³-hybridized carbons (Fsp3) is 0.231. The number of thioether (sulfide) groups is 1. The molecule has 0 aliphatic rings. The van der Waals surface area contributed by atoms with Crippen molar-refractivity contribution in [1.29, 1.82) is 0 Å². The Bertz CT molecular complexity index is 768. The Kier molecular flexibility index (Phi) is 4.08. The molecule has 2 aromatic rings. The highest BCUT2D eigenvalue weighted by atomic mass is 32.2. The molecule has 0 amide bonds. The first-order valence-corrected chi connectivity index (χ1v) is 6.72. The van der Waals surface area contributed by atoms with Gasteiger partial charge in [-0.3, -0.25) is 13.9 Å². The lowest BCUT2D eigenvalue weighted by Gasteiger charge is -2.09. The highest BCUT2D eigenvalue weighted by Gasteiger charge is 2.09. The maximum Gasteiger partial charge on any atom is 0.330 e. The van der Waals surface area contributed by atoms with Gasteiger partial charge in [0.2, 0.25) is 0 Å². The van der Waals surface area contributed by atoms with Gasteiger partial charge in [0.15, 0.2) is 0 Å². The van der Waals surface area contributed by atoms with E-state index in [1.54, 1.807) is 7.05 Å². The summed E-state index contributed by atoms with van der Waals surface area (Å²) < 4.78 is 28.6. The molecule has 0 saturated carbocycles. The number of aromatic nitrogens is 2. The molecule has 1 aromatic carbocycles. The van der Waals surface area contributed by atoms with E-state index in [0.29, 0.717) is 5.69 Å². The molecule has 0 atom stereocenters. The number of halogens is 2. The Balaban J connectivity index is 2.28. The van der Waals surface area contributed by atoms with Gasteiger partial charge in [-0.2, -0.15) is 0 Å². The lowest BCUT2D eigenvalue weighted by atomic mass is 10.3. The van der Waals surface area contributed by atoms with Gasteiger partial charge in [0.25, 0.3) is 5.56 Å². The fourth-order valence-electron chi connectivity index (χ4n) is 1.66. The van der Waals surface area contributed by atoms with Crippen LogP contribution in [0.2, 0.25) is 0 Å². The first kappa shape index (κ1) is 14.5. The fourth-order valence-corrected chi connectivity index (χ4v) is 2.60. The van der Waals surface area contributed by atoms with Gasteiger partial charge >= 0.3 is 5.69 Å². The summed E-state index contributed by atoms with van der Waals surface area (Å²) in [7, 11) is 2.93. The van der Waals surface area contributed by atoms with Crippen molar-refractivity contribution in [3.63, 3.8) is 0 Å². The first-order chi connectivity index (χ1) is 9.40. The van der Waals surface area contributed by atoms with Crippen LogP contribution >= 0.6 is 11.8 Å². The minimum atomic E-state index is -0.663. The molecule has 1 heterocycles. The number of nitrogens with zero attached hydrogens (tertiary/aromatic N) is 2. The van der Waals surface area contributed by atoms with Gasteiger partial charge in [-0.05, 0) is 12.1 Å². The molecule has 0 saturated heterocycles. The molecule has 0 bridgehead atoms.